The van der Waals surface area contributed by atoms with E-state index in [9.17, 15) is 0 Å². The van der Waals surface area contributed by atoms with Crippen molar-refractivity contribution in [2.75, 3.05) is 6.54 Å². The second kappa shape index (κ2) is 3.29. The van der Waals surface area contributed by atoms with Crippen molar-refractivity contribution in [2.24, 2.45) is 17.8 Å². The molecule has 1 aliphatic carbocycles. The Bertz CT molecular complexity index is 266. The van der Waals surface area contributed by atoms with Crippen LogP contribution < -0.4 is 0 Å². The Morgan fingerprint density at radius 1 is 1.14 bits per heavy atom. The molecule has 1 heterocycles. The van der Waals surface area contributed by atoms with Crippen LogP contribution in [-0.4, -0.2) is 17.5 Å². The molecule has 0 aromatic heterocycles. The van der Waals surface area contributed by atoms with Crippen LogP contribution in [-0.2, 0) is 0 Å². The predicted molar refractivity (Wildman–Crippen MR) is 61.0 cm³/mol. The molecule has 0 unspecified atom stereocenters. The lowest BCUT2D eigenvalue weighted by Gasteiger charge is -2.30. The lowest BCUT2D eigenvalue weighted by Crippen LogP contribution is -2.32. The van der Waals surface area contributed by atoms with Crippen LogP contribution in [0.4, 0.5) is 0 Å². The van der Waals surface area contributed by atoms with Crippen LogP contribution in [0.2, 0.25) is 0 Å². The molecular formula is C13H23N. The third-order valence-corrected chi connectivity index (χ3v) is 4.59. The van der Waals surface area contributed by atoms with Gasteiger partial charge in [0, 0.05) is 18.3 Å². The highest BCUT2D eigenvalue weighted by atomic mass is 15.2. The monoisotopic (exact) mass is 193 g/mol. The second-order valence-electron chi connectivity index (χ2n) is 5.19. The first-order valence-electron chi connectivity index (χ1n) is 6.07. The molecule has 0 N–H and O–H groups in total. The Labute approximate surface area is 88.2 Å². The van der Waals surface area contributed by atoms with Gasteiger partial charge in [-0.3, -0.25) is 0 Å². The van der Waals surface area contributed by atoms with Crippen molar-refractivity contribution in [1.82, 2.24) is 4.90 Å². The molecule has 0 aromatic rings. The normalized spacial score (nSPS) is 42.2. The Balaban J connectivity index is 2.32. The van der Waals surface area contributed by atoms with Gasteiger partial charge in [-0.15, -0.1) is 0 Å². The minimum absolute atomic E-state index is 0.736. The number of hydrogen-bond donors (Lipinski definition) is 0. The van der Waals surface area contributed by atoms with Gasteiger partial charge in [-0.1, -0.05) is 20.8 Å². The Morgan fingerprint density at radius 3 is 2.36 bits per heavy atom. The molecule has 0 fully saturated rings. The van der Waals surface area contributed by atoms with Gasteiger partial charge < -0.3 is 4.90 Å². The Kier molecular flexibility index (Phi) is 2.36. The predicted octanol–water partition coefficient (Wildman–Crippen LogP) is 3.28. The van der Waals surface area contributed by atoms with Crippen molar-refractivity contribution in [1.29, 1.82) is 0 Å². The van der Waals surface area contributed by atoms with E-state index in [1.165, 1.54) is 13.0 Å². The molecule has 2 aliphatic rings. The average Bonchev–Trinajstić information content (AvgIpc) is 2.54. The van der Waals surface area contributed by atoms with E-state index in [1.54, 1.807) is 11.3 Å². The van der Waals surface area contributed by atoms with Crippen LogP contribution in [0.5, 0.6) is 0 Å². The highest BCUT2D eigenvalue weighted by molar-refractivity contribution is 5.31. The summed E-state index contributed by atoms with van der Waals surface area (Å²) in [5.41, 5.74) is 3.46. The number of rotatable bonds is 1. The summed E-state index contributed by atoms with van der Waals surface area (Å²) in [6.45, 7) is 13.1. The molecule has 0 spiro atoms. The minimum atomic E-state index is 0.736. The molecule has 0 saturated heterocycles. The summed E-state index contributed by atoms with van der Waals surface area (Å²) in [7, 11) is 0. The zero-order valence-corrected chi connectivity index (χ0v) is 10.2. The van der Waals surface area contributed by atoms with Crippen LogP contribution in [0.25, 0.3) is 0 Å². The number of likely N-dealkylation sites (tertiary alicyclic amines) is 1. The van der Waals surface area contributed by atoms with Gasteiger partial charge in [-0.05, 0) is 43.6 Å². The molecule has 1 heteroatoms. The second-order valence-corrected chi connectivity index (χ2v) is 5.19. The van der Waals surface area contributed by atoms with Crippen molar-refractivity contribution >= 4 is 0 Å². The van der Waals surface area contributed by atoms with Gasteiger partial charge in [0.05, 0.1) is 0 Å². The fourth-order valence-electron chi connectivity index (χ4n) is 3.38. The van der Waals surface area contributed by atoms with E-state index < -0.39 is 0 Å². The quantitative estimate of drug-likeness (QED) is 0.618. The summed E-state index contributed by atoms with van der Waals surface area (Å²) in [6, 6.07) is 0.736. The van der Waals surface area contributed by atoms with Gasteiger partial charge in [0.1, 0.15) is 0 Å². The minimum Gasteiger partial charge on any atom is -0.372 e. The van der Waals surface area contributed by atoms with E-state index in [0.717, 1.165) is 23.8 Å². The van der Waals surface area contributed by atoms with E-state index in [1.807, 2.05) is 0 Å². The lowest BCUT2D eigenvalue weighted by molar-refractivity contribution is 0.244. The number of allylic oxidation sites excluding steroid dienone is 1. The summed E-state index contributed by atoms with van der Waals surface area (Å²) in [6.07, 6.45) is 1.32. The molecule has 0 aromatic carbocycles. The number of hydrogen-bond acceptors (Lipinski definition) is 1. The maximum absolute atomic E-state index is 2.62. The van der Waals surface area contributed by atoms with Crippen LogP contribution in [0.1, 0.15) is 41.0 Å². The van der Waals surface area contributed by atoms with Crippen LogP contribution in [0.15, 0.2) is 11.3 Å². The number of nitrogens with zero attached hydrogens (tertiary/aromatic N) is 1. The van der Waals surface area contributed by atoms with E-state index in [2.05, 4.69) is 39.5 Å². The molecule has 0 radical (unpaired) electrons. The lowest BCUT2D eigenvalue weighted by atomic mass is 9.86. The molecule has 0 amide bonds. The first-order valence-corrected chi connectivity index (χ1v) is 6.07. The SMILES string of the molecule is CCN1C2=C([C@@H](C)[C@@H](C)C2)[C@H](C)[C@@H]1C. The summed E-state index contributed by atoms with van der Waals surface area (Å²) >= 11 is 0. The van der Waals surface area contributed by atoms with Gasteiger partial charge in [0.15, 0.2) is 0 Å². The highest BCUT2D eigenvalue weighted by Gasteiger charge is 2.42. The van der Waals surface area contributed by atoms with Crippen molar-refractivity contribution in [3.63, 3.8) is 0 Å². The molecule has 2 rings (SSSR count). The summed E-state index contributed by atoms with van der Waals surface area (Å²) < 4.78 is 0. The van der Waals surface area contributed by atoms with Crippen molar-refractivity contribution in [3.05, 3.63) is 11.3 Å². The standard InChI is InChI=1S/C13H23N/c1-6-14-11(5)10(4)13-9(3)8(2)7-12(13)14/h8-11H,6-7H2,1-5H3/t8-,9-,10+,11-/m0/s1. The first kappa shape index (κ1) is 10.1. The Hall–Kier alpha value is -0.460. The van der Waals surface area contributed by atoms with Gasteiger partial charge in [-0.2, -0.15) is 0 Å². The smallest absolute Gasteiger partial charge is 0.0322 e. The maximum atomic E-state index is 2.62. The topological polar surface area (TPSA) is 3.24 Å². The van der Waals surface area contributed by atoms with E-state index in [4.69, 9.17) is 0 Å². The van der Waals surface area contributed by atoms with Gasteiger partial charge in [0.25, 0.3) is 0 Å². The van der Waals surface area contributed by atoms with Gasteiger partial charge in [0.2, 0.25) is 0 Å². The maximum Gasteiger partial charge on any atom is 0.0322 e. The van der Waals surface area contributed by atoms with Crippen molar-refractivity contribution in [2.45, 2.75) is 47.1 Å². The zero-order chi connectivity index (χ0) is 10.5. The summed E-state index contributed by atoms with van der Waals surface area (Å²) in [4.78, 5) is 2.62. The molecule has 1 nitrogen and oxygen atoms in total. The Morgan fingerprint density at radius 2 is 1.79 bits per heavy atom. The van der Waals surface area contributed by atoms with Crippen LogP contribution in [0.3, 0.4) is 0 Å². The van der Waals surface area contributed by atoms with Crippen molar-refractivity contribution in [3.8, 4) is 0 Å². The fourth-order valence-corrected chi connectivity index (χ4v) is 3.38. The molecule has 1 aliphatic heterocycles. The third kappa shape index (κ3) is 1.14. The molecule has 80 valence electrons. The van der Waals surface area contributed by atoms with Crippen molar-refractivity contribution < 1.29 is 0 Å². The molecule has 14 heavy (non-hydrogen) atoms. The molecular weight excluding hydrogens is 170 g/mol. The largest absolute Gasteiger partial charge is 0.372 e. The van der Waals surface area contributed by atoms with Gasteiger partial charge in [-0.25, -0.2) is 0 Å². The van der Waals surface area contributed by atoms with Crippen LogP contribution >= 0.6 is 0 Å². The summed E-state index contributed by atoms with van der Waals surface area (Å²) in [5, 5.41) is 0. The van der Waals surface area contributed by atoms with Crippen LogP contribution in [0, 0.1) is 17.8 Å². The fraction of sp³-hybridized carbons (Fsp3) is 0.846. The first-order chi connectivity index (χ1) is 6.57. The molecule has 0 bridgehead atoms. The van der Waals surface area contributed by atoms with E-state index in [0.29, 0.717) is 0 Å². The molecule has 0 saturated carbocycles. The highest BCUT2D eigenvalue weighted by Crippen LogP contribution is 2.48. The van der Waals surface area contributed by atoms with E-state index >= 15 is 0 Å². The third-order valence-electron chi connectivity index (χ3n) is 4.59. The van der Waals surface area contributed by atoms with E-state index in [-0.39, 0.29) is 0 Å². The van der Waals surface area contributed by atoms with Gasteiger partial charge >= 0.3 is 0 Å². The summed E-state index contributed by atoms with van der Waals surface area (Å²) in [5.74, 6) is 2.47. The average molecular weight is 193 g/mol. The zero-order valence-electron chi connectivity index (χ0n) is 10.2. The molecule has 4 atom stereocenters.